The molecule has 2 heterocycles. The summed E-state index contributed by atoms with van der Waals surface area (Å²) < 4.78 is 0.937. The first-order valence-corrected chi connectivity index (χ1v) is 8.25. The number of anilines is 1. The van der Waals surface area contributed by atoms with Crippen LogP contribution in [0, 0.1) is 0 Å². The summed E-state index contributed by atoms with van der Waals surface area (Å²) in [5.41, 5.74) is 1.41. The second kappa shape index (κ2) is 6.91. The highest BCUT2D eigenvalue weighted by Crippen LogP contribution is 2.16. The number of carbonyl (C=O) groups is 2. The van der Waals surface area contributed by atoms with Gasteiger partial charge in [-0.3, -0.25) is 14.6 Å². The first-order valence-electron chi connectivity index (χ1n) is 7.46. The molecule has 1 fully saturated rings. The van der Waals surface area contributed by atoms with Gasteiger partial charge in [0.05, 0.1) is 0 Å². The minimum atomic E-state index is -0.330. The van der Waals surface area contributed by atoms with E-state index < -0.39 is 0 Å². The van der Waals surface area contributed by atoms with Gasteiger partial charge in [-0.05, 0) is 49.2 Å². The fourth-order valence-electron chi connectivity index (χ4n) is 2.52. The number of hydrogen-bond donors (Lipinski definition) is 1. The topological polar surface area (TPSA) is 62.3 Å². The Hall–Kier alpha value is -2.21. The maximum atomic E-state index is 12.4. The van der Waals surface area contributed by atoms with Crippen LogP contribution < -0.4 is 5.32 Å². The van der Waals surface area contributed by atoms with Gasteiger partial charge in [0.25, 0.3) is 11.8 Å². The highest BCUT2D eigenvalue weighted by molar-refractivity contribution is 9.10. The molecule has 0 bridgehead atoms. The molecule has 0 spiro atoms. The Morgan fingerprint density at radius 1 is 1.09 bits per heavy atom. The third kappa shape index (κ3) is 3.76. The van der Waals surface area contributed by atoms with Crippen molar-refractivity contribution in [2.24, 2.45) is 0 Å². The zero-order valence-electron chi connectivity index (χ0n) is 12.5. The van der Waals surface area contributed by atoms with Gasteiger partial charge >= 0.3 is 0 Å². The van der Waals surface area contributed by atoms with E-state index in [1.165, 1.54) is 6.20 Å². The molecule has 0 saturated carbocycles. The van der Waals surface area contributed by atoms with Gasteiger partial charge in [0.15, 0.2) is 0 Å². The van der Waals surface area contributed by atoms with Crippen LogP contribution in [0.5, 0.6) is 0 Å². The molecule has 1 N–H and O–H groups in total. The summed E-state index contributed by atoms with van der Waals surface area (Å²) in [6.45, 7) is 1.56. The van der Waals surface area contributed by atoms with E-state index in [9.17, 15) is 9.59 Å². The predicted octanol–water partition coefficient (Wildman–Crippen LogP) is 3.33. The molecule has 118 valence electrons. The van der Waals surface area contributed by atoms with Crippen molar-refractivity contribution in [3.05, 3.63) is 58.3 Å². The van der Waals surface area contributed by atoms with Gasteiger partial charge in [-0.25, -0.2) is 0 Å². The molecular weight excluding hydrogens is 358 g/mol. The molecule has 1 aliphatic rings. The van der Waals surface area contributed by atoms with E-state index in [-0.39, 0.29) is 17.5 Å². The molecule has 23 heavy (non-hydrogen) atoms. The number of nitrogens with zero attached hydrogens (tertiary/aromatic N) is 2. The van der Waals surface area contributed by atoms with Crippen LogP contribution in [0.2, 0.25) is 0 Å². The summed E-state index contributed by atoms with van der Waals surface area (Å²) in [6.07, 6.45) is 3.57. The highest BCUT2D eigenvalue weighted by atomic mass is 79.9. The number of aromatic nitrogens is 1. The maximum absolute atomic E-state index is 12.4. The maximum Gasteiger partial charge on any atom is 0.274 e. The average Bonchev–Trinajstić information content (AvgIpc) is 3.11. The second-order valence-corrected chi connectivity index (χ2v) is 6.31. The van der Waals surface area contributed by atoms with Crippen LogP contribution in [0.1, 0.15) is 33.7 Å². The Balaban J connectivity index is 1.74. The molecule has 1 aliphatic heterocycles. The molecule has 0 radical (unpaired) electrons. The highest BCUT2D eigenvalue weighted by Gasteiger charge is 2.20. The first-order chi connectivity index (χ1) is 11.1. The van der Waals surface area contributed by atoms with Crippen LogP contribution >= 0.6 is 15.9 Å². The fourth-order valence-corrected chi connectivity index (χ4v) is 2.78. The molecule has 6 heteroatoms. The number of pyridine rings is 1. The molecule has 1 aromatic carbocycles. The Kier molecular flexibility index (Phi) is 4.71. The number of rotatable bonds is 3. The summed E-state index contributed by atoms with van der Waals surface area (Å²) in [4.78, 5) is 30.5. The summed E-state index contributed by atoms with van der Waals surface area (Å²) in [5.74, 6) is -0.369. The van der Waals surface area contributed by atoms with Crippen molar-refractivity contribution in [2.75, 3.05) is 18.4 Å². The summed E-state index contributed by atoms with van der Waals surface area (Å²) in [7, 11) is 0. The van der Waals surface area contributed by atoms with Crippen molar-refractivity contribution in [1.29, 1.82) is 0 Å². The van der Waals surface area contributed by atoms with Crippen molar-refractivity contribution in [3.8, 4) is 0 Å². The van der Waals surface area contributed by atoms with E-state index in [2.05, 4.69) is 26.2 Å². The minimum absolute atomic E-state index is 0.0393. The summed E-state index contributed by atoms with van der Waals surface area (Å²) in [6, 6.07) is 10.5. The number of halogens is 1. The third-order valence-electron chi connectivity index (χ3n) is 3.73. The van der Waals surface area contributed by atoms with Crippen LogP contribution in [-0.2, 0) is 0 Å². The lowest BCUT2D eigenvalue weighted by atomic mass is 10.2. The van der Waals surface area contributed by atoms with Crippen molar-refractivity contribution in [1.82, 2.24) is 9.88 Å². The Labute approximate surface area is 142 Å². The predicted molar refractivity (Wildman–Crippen MR) is 91.5 cm³/mol. The van der Waals surface area contributed by atoms with E-state index in [1.807, 2.05) is 17.0 Å². The van der Waals surface area contributed by atoms with E-state index in [4.69, 9.17) is 0 Å². The Morgan fingerprint density at radius 2 is 1.78 bits per heavy atom. The van der Waals surface area contributed by atoms with Crippen LogP contribution in [-0.4, -0.2) is 34.8 Å². The summed E-state index contributed by atoms with van der Waals surface area (Å²) in [5, 5.41) is 2.77. The second-order valence-electron chi connectivity index (χ2n) is 5.39. The van der Waals surface area contributed by atoms with E-state index in [1.54, 1.807) is 24.3 Å². The van der Waals surface area contributed by atoms with Crippen LogP contribution in [0.25, 0.3) is 0 Å². The number of benzene rings is 1. The molecular formula is C17H16BrN3O2. The molecule has 3 rings (SSSR count). The SMILES string of the molecule is O=C(Nc1ccc(Br)cc1)c1cc(C(=O)N2CCCC2)ccn1. The van der Waals surface area contributed by atoms with E-state index >= 15 is 0 Å². The number of nitrogens with one attached hydrogen (secondary N) is 1. The number of amides is 2. The first kappa shape index (κ1) is 15.7. The molecule has 2 aromatic rings. The van der Waals surface area contributed by atoms with Gasteiger partial charge in [0, 0.05) is 35.0 Å². The van der Waals surface area contributed by atoms with Gasteiger partial charge in [-0.2, -0.15) is 0 Å². The van der Waals surface area contributed by atoms with E-state index in [0.29, 0.717) is 11.3 Å². The molecule has 5 nitrogen and oxygen atoms in total. The lowest BCUT2D eigenvalue weighted by molar-refractivity contribution is 0.0792. The van der Waals surface area contributed by atoms with Gasteiger partial charge < -0.3 is 10.2 Å². The lowest BCUT2D eigenvalue weighted by Gasteiger charge is -2.15. The van der Waals surface area contributed by atoms with Crippen molar-refractivity contribution < 1.29 is 9.59 Å². The van der Waals surface area contributed by atoms with Gasteiger partial charge in [0.2, 0.25) is 0 Å². The number of carbonyl (C=O) groups excluding carboxylic acids is 2. The smallest absolute Gasteiger partial charge is 0.274 e. The van der Waals surface area contributed by atoms with E-state index in [0.717, 1.165) is 30.4 Å². The fraction of sp³-hybridized carbons (Fsp3) is 0.235. The van der Waals surface area contributed by atoms with Crippen molar-refractivity contribution >= 4 is 33.4 Å². The minimum Gasteiger partial charge on any atom is -0.339 e. The molecule has 0 aliphatic carbocycles. The monoisotopic (exact) mass is 373 g/mol. The van der Waals surface area contributed by atoms with Crippen molar-refractivity contribution in [2.45, 2.75) is 12.8 Å². The average molecular weight is 374 g/mol. The summed E-state index contributed by atoms with van der Waals surface area (Å²) >= 11 is 3.35. The van der Waals surface area contributed by atoms with Gasteiger partial charge in [-0.15, -0.1) is 0 Å². The third-order valence-corrected chi connectivity index (χ3v) is 4.26. The Morgan fingerprint density at radius 3 is 2.48 bits per heavy atom. The quantitative estimate of drug-likeness (QED) is 0.897. The molecule has 0 unspecified atom stereocenters. The Bertz CT molecular complexity index is 725. The molecule has 0 atom stereocenters. The molecule has 1 aromatic heterocycles. The number of likely N-dealkylation sites (tertiary alicyclic amines) is 1. The van der Waals surface area contributed by atoms with Crippen LogP contribution in [0.4, 0.5) is 5.69 Å². The largest absolute Gasteiger partial charge is 0.339 e. The van der Waals surface area contributed by atoms with Crippen LogP contribution in [0.15, 0.2) is 47.1 Å². The normalized spacial score (nSPS) is 13.9. The molecule has 1 saturated heterocycles. The van der Waals surface area contributed by atoms with Gasteiger partial charge in [0.1, 0.15) is 5.69 Å². The standard InChI is InChI=1S/C17H16BrN3O2/c18-13-3-5-14(6-4-13)20-16(22)15-11-12(7-8-19-15)17(23)21-9-1-2-10-21/h3-8,11H,1-2,9-10H2,(H,20,22). The molecule has 2 amide bonds. The lowest BCUT2D eigenvalue weighted by Crippen LogP contribution is -2.28. The zero-order valence-corrected chi connectivity index (χ0v) is 14.0. The van der Waals surface area contributed by atoms with Crippen molar-refractivity contribution in [3.63, 3.8) is 0 Å². The van der Waals surface area contributed by atoms with Crippen LogP contribution in [0.3, 0.4) is 0 Å². The van der Waals surface area contributed by atoms with Gasteiger partial charge in [-0.1, -0.05) is 15.9 Å². The number of hydrogen-bond acceptors (Lipinski definition) is 3. The zero-order chi connectivity index (χ0) is 16.2.